The molecule has 3 aliphatic rings. The Balaban J connectivity index is 1.31. The first-order valence-corrected chi connectivity index (χ1v) is 13.0. The van der Waals surface area contributed by atoms with Crippen LogP contribution in [0.3, 0.4) is 0 Å². The van der Waals surface area contributed by atoms with E-state index < -0.39 is 0 Å². The van der Waals surface area contributed by atoms with E-state index in [1.165, 1.54) is 5.70 Å². The van der Waals surface area contributed by atoms with Crippen molar-refractivity contribution in [3.8, 4) is 5.75 Å². The van der Waals surface area contributed by atoms with Gasteiger partial charge in [0.1, 0.15) is 11.4 Å². The van der Waals surface area contributed by atoms with Crippen LogP contribution in [0.15, 0.2) is 72.7 Å². The lowest BCUT2D eigenvalue weighted by Crippen LogP contribution is -2.56. The summed E-state index contributed by atoms with van der Waals surface area (Å²) in [5.41, 5.74) is 4.78. The van der Waals surface area contributed by atoms with Crippen molar-refractivity contribution in [1.82, 2.24) is 15.2 Å². The van der Waals surface area contributed by atoms with Gasteiger partial charge in [0.15, 0.2) is 0 Å². The number of hydrogen-bond donors (Lipinski definition) is 3. The smallest absolute Gasteiger partial charge is 0.145 e. The van der Waals surface area contributed by atoms with E-state index in [-0.39, 0.29) is 12.2 Å². The number of nitrogens with zero attached hydrogens (tertiary/aromatic N) is 3. The number of piperidine rings is 1. The van der Waals surface area contributed by atoms with Crippen LogP contribution in [0.1, 0.15) is 37.8 Å². The molecule has 2 aliphatic heterocycles. The first-order chi connectivity index (χ1) is 17.6. The molecule has 7 nitrogen and oxygen atoms in total. The highest BCUT2D eigenvalue weighted by molar-refractivity contribution is 5.70. The number of fused-ring (bicyclic) bond motifs is 1. The van der Waals surface area contributed by atoms with Crippen molar-refractivity contribution in [2.75, 3.05) is 43.4 Å². The monoisotopic (exact) mass is 487 g/mol. The van der Waals surface area contributed by atoms with Crippen LogP contribution in [0.25, 0.3) is 0 Å². The predicted octanol–water partition coefficient (Wildman–Crippen LogP) is 4.71. The highest BCUT2D eigenvalue weighted by atomic mass is 16.5. The Hall–Kier alpha value is -3.29. The largest absolute Gasteiger partial charge is 0.483 e. The van der Waals surface area contributed by atoms with Crippen molar-refractivity contribution in [1.29, 1.82) is 0 Å². The maximum atomic E-state index is 9.41. The molecule has 1 fully saturated rings. The van der Waals surface area contributed by atoms with Gasteiger partial charge in [0, 0.05) is 61.8 Å². The average Bonchev–Trinajstić information content (AvgIpc) is 2.91. The van der Waals surface area contributed by atoms with E-state index in [0.29, 0.717) is 5.69 Å². The Morgan fingerprint density at radius 1 is 1.17 bits per heavy atom. The van der Waals surface area contributed by atoms with Crippen LogP contribution < -0.4 is 20.3 Å². The molecule has 1 saturated heterocycles. The number of likely N-dealkylation sites (tertiary alicyclic amines) is 1. The van der Waals surface area contributed by atoms with Gasteiger partial charge in [-0.15, -0.1) is 0 Å². The lowest BCUT2D eigenvalue weighted by Gasteiger charge is -2.48. The SMILES string of the molecule is CN1CCC2(CC1)CN(CC/C=C/NC1=CC=CCC1)c1ccc(Nc3ccnc(CO)c3)cc1O2. The van der Waals surface area contributed by atoms with Crippen molar-refractivity contribution in [3.05, 3.63) is 78.4 Å². The second kappa shape index (κ2) is 11.2. The van der Waals surface area contributed by atoms with Gasteiger partial charge < -0.3 is 30.3 Å². The third-order valence-electron chi connectivity index (χ3n) is 7.24. The van der Waals surface area contributed by atoms with Gasteiger partial charge >= 0.3 is 0 Å². The summed E-state index contributed by atoms with van der Waals surface area (Å²) < 4.78 is 6.76. The topological polar surface area (TPSA) is 72.9 Å². The number of aliphatic hydroxyl groups is 1. The molecule has 1 spiro atoms. The number of anilines is 3. The number of benzene rings is 1. The van der Waals surface area contributed by atoms with Crippen LogP contribution in [0, 0.1) is 0 Å². The molecule has 1 aromatic carbocycles. The van der Waals surface area contributed by atoms with Crippen LogP contribution in [0.2, 0.25) is 0 Å². The molecule has 0 unspecified atom stereocenters. The van der Waals surface area contributed by atoms with E-state index in [1.54, 1.807) is 6.20 Å². The van der Waals surface area contributed by atoms with Crippen LogP contribution >= 0.6 is 0 Å². The summed E-state index contributed by atoms with van der Waals surface area (Å²) in [6.07, 6.45) is 17.7. The summed E-state index contributed by atoms with van der Waals surface area (Å²) in [7, 11) is 2.19. The second-order valence-electron chi connectivity index (χ2n) is 10.0. The molecule has 0 atom stereocenters. The first kappa shape index (κ1) is 24.4. The highest BCUT2D eigenvalue weighted by Gasteiger charge is 2.41. The molecule has 3 heterocycles. The van der Waals surface area contributed by atoms with E-state index in [1.807, 2.05) is 12.1 Å². The Morgan fingerprint density at radius 3 is 2.83 bits per heavy atom. The highest BCUT2D eigenvalue weighted by Crippen LogP contribution is 2.42. The van der Waals surface area contributed by atoms with Crippen LogP contribution in [0.4, 0.5) is 17.1 Å². The normalized spacial score (nSPS) is 19.2. The van der Waals surface area contributed by atoms with Gasteiger partial charge in [-0.2, -0.15) is 0 Å². The minimum absolute atomic E-state index is 0.0760. The second-order valence-corrected chi connectivity index (χ2v) is 10.0. The number of aromatic nitrogens is 1. The van der Waals surface area contributed by atoms with Gasteiger partial charge in [0.2, 0.25) is 0 Å². The quantitative estimate of drug-likeness (QED) is 0.498. The van der Waals surface area contributed by atoms with Gasteiger partial charge in [-0.3, -0.25) is 4.98 Å². The van der Waals surface area contributed by atoms with Crippen molar-refractivity contribution in [2.24, 2.45) is 0 Å². The molecule has 0 radical (unpaired) electrons. The summed E-state index contributed by atoms with van der Waals surface area (Å²) in [6.45, 7) is 3.89. The summed E-state index contributed by atoms with van der Waals surface area (Å²) in [4.78, 5) is 9.05. The molecular weight excluding hydrogens is 450 g/mol. The molecule has 0 bridgehead atoms. The Labute approximate surface area is 214 Å². The molecule has 0 saturated carbocycles. The Kier molecular flexibility index (Phi) is 7.58. The summed E-state index contributed by atoms with van der Waals surface area (Å²) >= 11 is 0. The van der Waals surface area contributed by atoms with Gasteiger partial charge in [-0.25, -0.2) is 0 Å². The summed E-state index contributed by atoms with van der Waals surface area (Å²) in [5.74, 6) is 0.938. The third-order valence-corrected chi connectivity index (χ3v) is 7.24. The zero-order chi connectivity index (χ0) is 24.8. The lowest BCUT2D eigenvalue weighted by atomic mass is 9.88. The third kappa shape index (κ3) is 5.91. The summed E-state index contributed by atoms with van der Waals surface area (Å²) in [6, 6.07) is 10.1. The molecule has 190 valence electrons. The molecule has 3 N–H and O–H groups in total. The fourth-order valence-corrected chi connectivity index (χ4v) is 5.13. The fraction of sp³-hybridized carbons (Fsp3) is 0.414. The maximum Gasteiger partial charge on any atom is 0.145 e. The zero-order valence-electron chi connectivity index (χ0n) is 21.1. The van der Waals surface area contributed by atoms with Crippen molar-refractivity contribution in [3.63, 3.8) is 0 Å². The molecule has 36 heavy (non-hydrogen) atoms. The van der Waals surface area contributed by atoms with E-state index >= 15 is 0 Å². The molecule has 7 heteroatoms. The number of aliphatic hydroxyl groups excluding tert-OH is 1. The first-order valence-electron chi connectivity index (χ1n) is 13.0. The standard InChI is InChI=1S/C29H37N5O2/c1-33-17-12-29(13-18-33)22-34(16-6-5-14-30-23-7-3-2-4-8-23)27-10-9-24(20-28(27)36-29)32-25-11-15-31-26(19-25)21-35/h2-3,5,7,9-11,14-15,19-20,30,35H,4,6,8,12-13,16-18,21-22H2,1H3,(H,31,32)/b14-5+. The minimum atomic E-state index is -0.153. The zero-order valence-corrected chi connectivity index (χ0v) is 21.1. The lowest BCUT2D eigenvalue weighted by molar-refractivity contribution is 0.00709. The number of pyridine rings is 1. The number of nitrogens with one attached hydrogen (secondary N) is 2. The number of rotatable bonds is 8. The van der Waals surface area contributed by atoms with E-state index in [0.717, 1.165) is 81.1 Å². The van der Waals surface area contributed by atoms with Gasteiger partial charge in [-0.05, 0) is 62.9 Å². The Bertz CT molecular complexity index is 1130. The van der Waals surface area contributed by atoms with E-state index in [2.05, 4.69) is 81.2 Å². The maximum absolute atomic E-state index is 9.41. The average molecular weight is 488 g/mol. The Morgan fingerprint density at radius 2 is 2.03 bits per heavy atom. The van der Waals surface area contributed by atoms with Crippen molar-refractivity contribution in [2.45, 2.75) is 44.3 Å². The number of allylic oxidation sites excluding steroid dienone is 4. The molecular formula is C29H37N5O2. The molecule has 2 aromatic rings. The molecule has 1 aromatic heterocycles. The van der Waals surface area contributed by atoms with Gasteiger partial charge in [0.05, 0.1) is 24.5 Å². The van der Waals surface area contributed by atoms with Gasteiger partial charge in [-0.1, -0.05) is 18.2 Å². The van der Waals surface area contributed by atoms with Crippen molar-refractivity contribution >= 4 is 17.1 Å². The summed E-state index contributed by atoms with van der Waals surface area (Å²) in [5, 5.41) is 16.3. The molecule has 0 amide bonds. The van der Waals surface area contributed by atoms with E-state index in [4.69, 9.17) is 4.74 Å². The fourth-order valence-electron chi connectivity index (χ4n) is 5.13. The number of hydrogen-bond acceptors (Lipinski definition) is 7. The minimum Gasteiger partial charge on any atom is -0.483 e. The molecule has 5 rings (SSSR count). The van der Waals surface area contributed by atoms with Crippen LogP contribution in [0.5, 0.6) is 5.75 Å². The predicted molar refractivity (Wildman–Crippen MR) is 146 cm³/mol. The van der Waals surface area contributed by atoms with Crippen molar-refractivity contribution < 1.29 is 9.84 Å². The number of ether oxygens (including phenoxy) is 1. The molecule has 1 aliphatic carbocycles. The van der Waals surface area contributed by atoms with Crippen LogP contribution in [-0.2, 0) is 6.61 Å². The van der Waals surface area contributed by atoms with E-state index in [9.17, 15) is 5.11 Å². The van der Waals surface area contributed by atoms with Gasteiger partial charge in [0.25, 0.3) is 0 Å². The van der Waals surface area contributed by atoms with Crippen LogP contribution in [-0.4, -0.2) is 53.8 Å².